The summed E-state index contributed by atoms with van der Waals surface area (Å²) < 4.78 is 7.77. The molecule has 3 heterocycles. The fourth-order valence-corrected chi connectivity index (χ4v) is 3.46. The summed E-state index contributed by atoms with van der Waals surface area (Å²) in [5.41, 5.74) is 1.56. The monoisotopic (exact) mass is 336 g/mol. The average Bonchev–Trinajstić information content (AvgIpc) is 3.20. The molecule has 6 heteroatoms. The molecule has 0 N–H and O–H groups in total. The summed E-state index contributed by atoms with van der Waals surface area (Å²) in [5.74, 6) is 3.36. The molecule has 1 aromatic carbocycles. The number of fused-ring (bicyclic) bond motifs is 1. The number of aromatic nitrogens is 3. The summed E-state index contributed by atoms with van der Waals surface area (Å²) in [6.45, 7) is 7.06. The maximum Gasteiger partial charge on any atom is 0.254 e. The predicted molar refractivity (Wildman–Crippen MR) is 93.1 cm³/mol. The largest absolute Gasteiger partial charge is 0.461 e. The van der Waals surface area contributed by atoms with Gasteiger partial charge in [-0.3, -0.25) is 4.79 Å². The van der Waals surface area contributed by atoms with Gasteiger partial charge in [0.15, 0.2) is 5.82 Å². The molecular weight excluding hydrogens is 316 g/mol. The van der Waals surface area contributed by atoms with Crippen LogP contribution >= 0.6 is 0 Å². The molecule has 6 nitrogen and oxygen atoms in total. The molecule has 25 heavy (non-hydrogen) atoms. The van der Waals surface area contributed by atoms with E-state index in [0.29, 0.717) is 18.7 Å². The van der Waals surface area contributed by atoms with Crippen molar-refractivity contribution in [3.63, 3.8) is 0 Å². The molecule has 0 radical (unpaired) electrons. The Hall–Kier alpha value is -2.89. The van der Waals surface area contributed by atoms with E-state index < -0.39 is 0 Å². The van der Waals surface area contributed by atoms with Gasteiger partial charge in [0, 0.05) is 17.7 Å². The molecular formula is C19H20N4O2. The molecule has 1 atom stereocenters. The van der Waals surface area contributed by atoms with Gasteiger partial charge in [0.25, 0.3) is 5.91 Å². The lowest BCUT2D eigenvalue weighted by Crippen LogP contribution is -2.40. The third-order valence-corrected chi connectivity index (χ3v) is 4.62. The van der Waals surface area contributed by atoms with Crippen molar-refractivity contribution in [2.24, 2.45) is 0 Å². The zero-order chi connectivity index (χ0) is 17.6. The maximum absolute atomic E-state index is 13.0. The second kappa shape index (κ2) is 5.88. The van der Waals surface area contributed by atoms with E-state index in [4.69, 9.17) is 4.42 Å². The van der Waals surface area contributed by atoms with Crippen LogP contribution in [0, 0.1) is 13.8 Å². The minimum absolute atomic E-state index is 0.00359. The lowest BCUT2D eigenvalue weighted by Gasteiger charge is -2.32. The summed E-state index contributed by atoms with van der Waals surface area (Å²) >= 11 is 0. The number of furan rings is 1. The summed E-state index contributed by atoms with van der Waals surface area (Å²) in [4.78, 5) is 14.8. The van der Waals surface area contributed by atoms with Crippen molar-refractivity contribution in [3.05, 3.63) is 59.4 Å². The molecule has 0 spiro atoms. The quantitative estimate of drug-likeness (QED) is 0.720. The van der Waals surface area contributed by atoms with Crippen LogP contribution in [0.3, 0.4) is 0 Å². The summed E-state index contributed by atoms with van der Waals surface area (Å²) in [6, 6.07) is 11.6. The number of nitrogens with zero attached hydrogens (tertiary/aromatic N) is 4. The Bertz CT molecular complexity index is 941. The van der Waals surface area contributed by atoms with Gasteiger partial charge in [-0.1, -0.05) is 12.1 Å². The average molecular weight is 336 g/mol. The van der Waals surface area contributed by atoms with E-state index >= 15 is 0 Å². The standard InChI is InChI=1S/C19H20N4O2/c1-12-10-22(11-18-21-20-14(3)23(12)18)19(24)16-6-4-5-15(9-16)17-8-7-13(2)25-17/h4-9,12H,10-11H2,1-3H3/t12-/m0/s1. The van der Waals surface area contributed by atoms with E-state index in [1.807, 2.05) is 55.1 Å². The molecule has 1 aliphatic heterocycles. The smallest absolute Gasteiger partial charge is 0.254 e. The second-order valence-electron chi connectivity index (χ2n) is 6.56. The van der Waals surface area contributed by atoms with Crippen molar-refractivity contribution < 1.29 is 9.21 Å². The van der Waals surface area contributed by atoms with Crippen molar-refractivity contribution >= 4 is 5.91 Å². The Morgan fingerprint density at radius 1 is 1.20 bits per heavy atom. The van der Waals surface area contributed by atoms with Crippen molar-refractivity contribution in [1.29, 1.82) is 0 Å². The van der Waals surface area contributed by atoms with Gasteiger partial charge in [0.1, 0.15) is 17.3 Å². The Balaban J connectivity index is 1.61. The number of hydrogen-bond acceptors (Lipinski definition) is 4. The van der Waals surface area contributed by atoms with E-state index in [-0.39, 0.29) is 11.9 Å². The van der Waals surface area contributed by atoms with E-state index in [0.717, 1.165) is 28.7 Å². The van der Waals surface area contributed by atoms with Gasteiger partial charge >= 0.3 is 0 Å². The van der Waals surface area contributed by atoms with Crippen LogP contribution in [-0.4, -0.2) is 32.1 Å². The zero-order valence-corrected chi connectivity index (χ0v) is 14.6. The highest BCUT2D eigenvalue weighted by Gasteiger charge is 2.28. The summed E-state index contributed by atoms with van der Waals surface area (Å²) in [7, 11) is 0. The Kier molecular flexibility index (Phi) is 3.67. The molecule has 0 saturated carbocycles. The van der Waals surface area contributed by atoms with Crippen LogP contribution in [0.1, 0.15) is 40.7 Å². The summed E-state index contributed by atoms with van der Waals surface area (Å²) in [5, 5.41) is 8.34. The Morgan fingerprint density at radius 3 is 2.80 bits per heavy atom. The van der Waals surface area contributed by atoms with Crippen LogP contribution in [0.4, 0.5) is 0 Å². The fourth-order valence-electron chi connectivity index (χ4n) is 3.46. The van der Waals surface area contributed by atoms with Gasteiger partial charge in [0.05, 0.1) is 12.6 Å². The number of hydrogen-bond donors (Lipinski definition) is 0. The molecule has 0 fully saturated rings. The molecule has 0 saturated heterocycles. The first-order chi connectivity index (χ1) is 12.0. The van der Waals surface area contributed by atoms with E-state index in [9.17, 15) is 4.79 Å². The van der Waals surface area contributed by atoms with Crippen LogP contribution in [0.2, 0.25) is 0 Å². The molecule has 1 amide bonds. The van der Waals surface area contributed by atoms with Crippen molar-refractivity contribution in [3.8, 4) is 11.3 Å². The minimum Gasteiger partial charge on any atom is -0.461 e. The first kappa shape index (κ1) is 15.6. The second-order valence-corrected chi connectivity index (χ2v) is 6.56. The van der Waals surface area contributed by atoms with Crippen molar-refractivity contribution in [1.82, 2.24) is 19.7 Å². The molecule has 0 bridgehead atoms. The maximum atomic E-state index is 13.0. The predicted octanol–water partition coefficient (Wildman–Crippen LogP) is 3.37. The molecule has 3 aromatic rings. The number of aryl methyl sites for hydroxylation is 2. The number of benzene rings is 1. The number of carbonyl (C=O) groups is 1. The molecule has 1 aliphatic rings. The molecule has 128 valence electrons. The van der Waals surface area contributed by atoms with Gasteiger partial charge < -0.3 is 13.9 Å². The van der Waals surface area contributed by atoms with Crippen molar-refractivity contribution in [2.45, 2.75) is 33.4 Å². The molecule has 2 aromatic heterocycles. The van der Waals surface area contributed by atoms with Crippen LogP contribution in [0.25, 0.3) is 11.3 Å². The van der Waals surface area contributed by atoms with Crippen LogP contribution in [0.5, 0.6) is 0 Å². The lowest BCUT2D eigenvalue weighted by molar-refractivity contribution is 0.0680. The van der Waals surface area contributed by atoms with Gasteiger partial charge in [-0.05, 0) is 45.0 Å². The number of rotatable bonds is 2. The van der Waals surface area contributed by atoms with Gasteiger partial charge in [-0.25, -0.2) is 0 Å². The minimum atomic E-state index is 0.00359. The highest BCUT2D eigenvalue weighted by Crippen LogP contribution is 2.26. The lowest BCUT2D eigenvalue weighted by atomic mass is 10.1. The van der Waals surface area contributed by atoms with Crippen LogP contribution in [-0.2, 0) is 6.54 Å². The van der Waals surface area contributed by atoms with Crippen molar-refractivity contribution in [2.75, 3.05) is 6.54 Å². The van der Waals surface area contributed by atoms with Gasteiger partial charge in [-0.15, -0.1) is 10.2 Å². The normalized spacial score (nSPS) is 16.8. The first-order valence-electron chi connectivity index (χ1n) is 8.39. The first-order valence-corrected chi connectivity index (χ1v) is 8.39. The highest BCUT2D eigenvalue weighted by molar-refractivity contribution is 5.95. The topological polar surface area (TPSA) is 64.2 Å². The van der Waals surface area contributed by atoms with E-state index in [1.54, 1.807) is 0 Å². The van der Waals surface area contributed by atoms with E-state index in [1.165, 1.54) is 0 Å². The molecule has 4 rings (SSSR count). The third-order valence-electron chi connectivity index (χ3n) is 4.62. The van der Waals surface area contributed by atoms with Crippen LogP contribution in [0.15, 0.2) is 40.8 Å². The SMILES string of the molecule is Cc1ccc(-c2cccc(C(=O)N3Cc4nnc(C)n4[C@@H](C)C3)c2)o1. The summed E-state index contributed by atoms with van der Waals surface area (Å²) in [6.07, 6.45) is 0. The molecule has 0 aliphatic carbocycles. The van der Waals surface area contributed by atoms with E-state index in [2.05, 4.69) is 21.7 Å². The van der Waals surface area contributed by atoms with Crippen LogP contribution < -0.4 is 0 Å². The number of amides is 1. The Labute approximate surface area is 146 Å². The fraction of sp³-hybridized carbons (Fsp3) is 0.316. The highest BCUT2D eigenvalue weighted by atomic mass is 16.3. The third kappa shape index (κ3) is 2.73. The Morgan fingerprint density at radius 2 is 2.04 bits per heavy atom. The van der Waals surface area contributed by atoms with Gasteiger partial charge in [-0.2, -0.15) is 0 Å². The zero-order valence-electron chi connectivity index (χ0n) is 14.6. The number of carbonyl (C=O) groups excluding carboxylic acids is 1. The molecule has 0 unspecified atom stereocenters. The van der Waals surface area contributed by atoms with Gasteiger partial charge in [0.2, 0.25) is 0 Å².